The maximum absolute atomic E-state index is 14.9. The molecule has 0 radical (unpaired) electrons. The van der Waals surface area contributed by atoms with E-state index in [2.05, 4.69) is 15.1 Å². The zero-order chi connectivity index (χ0) is 29.0. The third kappa shape index (κ3) is 6.81. The molecule has 210 valence electrons. The predicted molar refractivity (Wildman–Crippen MR) is 137 cm³/mol. The first-order chi connectivity index (χ1) is 18.9. The molecule has 1 amide bonds. The van der Waals surface area contributed by atoms with E-state index in [0.717, 1.165) is 35.0 Å². The third-order valence-corrected chi connectivity index (χ3v) is 6.56. The van der Waals surface area contributed by atoms with Gasteiger partial charge < -0.3 is 14.9 Å². The summed E-state index contributed by atoms with van der Waals surface area (Å²) in [5.41, 5.74) is 3.59. The van der Waals surface area contributed by atoms with Gasteiger partial charge in [-0.3, -0.25) is 9.89 Å². The van der Waals surface area contributed by atoms with Gasteiger partial charge in [0.15, 0.2) is 0 Å². The van der Waals surface area contributed by atoms with E-state index in [-0.39, 0.29) is 24.3 Å². The number of likely N-dealkylation sites (tertiary alicyclic amines) is 1. The van der Waals surface area contributed by atoms with Gasteiger partial charge in [-0.1, -0.05) is 12.1 Å². The van der Waals surface area contributed by atoms with Crippen molar-refractivity contribution in [3.63, 3.8) is 0 Å². The van der Waals surface area contributed by atoms with Crippen molar-refractivity contribution in [1.29, 1.82) is 0 Å². The van der Waals surface area contributed by atoms with Gasteiger partial charge in [-0.05, 0) is 79.7 Å². The number of aliphatic carboxylic acids is 1. The van der Waals surface area contributed by atoms with Crippen molar-refractivity contribution >= 4 is 22.8 Å². The number of alkyl halides is 3. The predicted octanol–water partition coefficient (Wildman–Crippen LogP) is 5.49. The molecule has 4 aromatic rings. The normalized spacial score (nSPS) is 15.5. The Bertz CT molecular complexity index is 1500. The number of carbonyl (C=O) groups excluding carboxylic acids is 1. The number of benzene rings is 3. The molecule has 0 bridgehead atoms. The van der Waals surface area contributed by atoms with Gasteiger partial charge in [-0.15, -0.1) is 0 Å². The Hall–Kier alpha value is -4.32. The summed E-state index contributed by atoms with van der Waals surface area (Å²) in [7, 11) is 2.01. The monoisotopic (exact) mass is 560 g/mol. The molecule has 7 nitrogen and oxygen atoms in total. The van der Waals surface area contributed by atoms with Gasteiger partial charge in [0.1, 0.15) is 11.6 Å². The summed E-state index contributed by atoms with van der Waals surface area (Å²) >= 11 is 0. The Morgan fingerprint density at radius 1 is 1.05 bits per heavy atom. The summed E-state index contributed by atoms with van der Waals surface area (Å²) in [5, 5.41) is 15.1. The van der Waals surface area contributed by atoms with Crippen molar-refractivity contribution in [3.05, 3.63) is 89.6 Å². The summed E-state index contributed by atoms with van der Waals surface area (Å²) < 4.78 is 60.1. The van der Waals surface area contributed by atoms with Crippen molar-refractivity contribution in [2.75, 3.05) is 20.1 Å². The van der Waals surface area contributed by atoms with E-state index in [0.29, 0.717) is 17.7 Å². The topological polar surface area (TPSA) is 89.5 Å². The van der Waals surface area contributed by atoms with Crippen LogP contribution in [0.15, 0.2) is 66.9 Å². The fraction of sp³-hybridized carbons (Fsp3) is 0.250. The lowest BCUT2D eigenvalue weighted by Crippen LogP contribution is -2.41. The number of H-pyrrole nitrogens is 1. The summed E-state index contributed by atoms with van der Waals surface area (Å²) in [6.07, 6.45) is -2.52. The number of aromatic nitrogens is 2. The quantitative estimate of drug-likeness (QED) is 0.315. The molecule has 12 heteroatoms. The van der Waals surface area contributed by atoms with Crippen LogP contribution in [-0.2, 0) is 11.3 Å². The second-order valence-corrected chi connectivity index (χ2v) is 9.43. The SMILES string of the molecule is CN1CC[C@H](N(Cc2cc(-c3ccc4[nH]ncc4c3)ccc2F)C(=O)c2ccc(F)cc2)C1.O=C(O)C(F)(F)F. The van der Waals surface area contributed by atoms with Crippen molar-refractivity contribution in [2.45, 2.75) is 25.2 Å². The van der Waals surface area contributed by atoms with Crippen molar-refractivity contribution < 1.29 is 36.6 Å². The Balaban J connectivity index is 0.000000470. The van der Waals surface area contributed by atoms with Crippen LogP contribution in [0, 0.1) is 11.6 Å². The van der Waals surface area contributed by atoms with Gasteiger partial charge in [-0.2, -0.15) is 18.3 Å². The lowest BCUT2D eigenvalue weighted by molar-refractivity contribution is -0.192. The fourth-order valence-electron chi connectivity index (χ4n) is 4.47. The molecule has 1 aromatic heterocycles. The smallest absolute Gasteiger partial charge is 0.475 e. The van der Waals surface area contributed by atoms with Gasteiger partial charge in [0.25, 0.3) is 5.91 Å². The maximum Gasteiger partial charge on any atom is 0.490 e. The van der Waals surface area contributed by atoms with Gasteiger partial charge in [-0.25, -0.2) is 13.6 Å². The molecule has 2 N–H and O–H groups in total. The zero-order valence-corrected chi connectivity index (χ0v) is 21.3. The average molecular weight is 561 g/mol. The molecule has 0 spiro atoms. The number of likely N-dealkylation sites (N-methyl/N-ethyl adjacent to an activating group) is 1. The molecule has 0 aliphatic carbocycles. The van der Waals surface area contributed by atoms with Crippen LogP contribution in [0.25, 0.3) is 22.0 Å². The van der Waals surface area contributed by atoms with Crippen LogP contribution >= 0.6 is 0 Å². The van der Waals surface area contributed by atoms with Crippen LogP contribution in [0.3, 0.4) is 0 Å². The number of fused-ring (bicyclic) bond motifs is 1. The van der Waals surface area contributed by atoms with E-state index in [9.17, 15) is 26.7 Å². The summed E-state index contributed by atoms with van der Waals surface area (Å²) in [6, 6.07) is 16.4. The number of nitrogens with zero attached hydrogens (tertiary/aromatic N) is 3. The molecule has 1 atom stereocenters. The first-order valence-corrected chi connectivity index (χ1v) is 12.2. The molecule has 1 aliphatic heterocycles. The highest BCUT2D eigenvalue weighted by atomic mass is 19.4. The number of carboxylic acids is 1. The Morgan fingerprint density at radius 2 is 1.70 bits per heavy atom. The number of rotatable bonds is 5. The third-order valence-electron chi connectivity index (χ3n) is 6.56. The van der Waals surface area contributed by atoms with Gasteiger partial charge in [0.05, 0.1) is 11.7 Å². The minimum atomic E-state index is -5.08. The molecule has 1 saturated heterocycles. The standard InChI is InChI=1S/C26H24F2N4O.C2HF3O2/c1-31-11-10-23(16-31)32(26(33)17-2-6-22(27)7-3-17)15-21-13-18(4-8-24(21)28)19-5-9-25-20(12-19)14-29-30-25;3-2(4,5)1(6)7/h2-9,12-14,23H,10-11,15-16H2,1H3,(H,29,30);(H,6,7)/t23-;/m0./s1. The van der Waals surface area contributed by atoms with Crippen LogP contribution in [0.1, 0.15) is 22.3 Å². The number of carboxylic acid groups (broad SMARTS) is 1. The molecule has 40 heavy (non-hydrogen) atoms. The summed E-state index contributed by atoms with van der Waals surface area (Å²) in [4.78, 5) is 26.2. The number of amides is 1. The van der Waals surface area contributed by atoms with Gasteiger partial charge in [0.2, 0.25) is 0 Å². The minimum absolute atomic E-state index is 0.0436. The van der Waals surface area contributed by atoms with Gasteiger partial charge >= 0.3 is 12.1 Å². The number of carbonyl (C=O) groups is 2. The minimum Gasteiger partial charge on any atom is -0.475 e. The highest BCUT2D eigenvalue weighted by Gasteiger charge is 2.38. The number of aromatic amines is 1. The molecular weight excluding hydrogens is 535 g/mol. The highest BCUT2D eigenvalue weighted by molar-refractivity contribution is 5.94. The van der Waals surface area contributed by atoms with E-state index in [1.54, 1.807) is 23.2 Å². The maximum atomic E-state index is 14.9. The molecule has 1 fully saturated rings. The zero-order valence-electron chi connectivity index (χ0n) is 21.3. The largest absolute Gasteiger partial charge is 0.490 e. The number of hydrogen-bond acceptors (Lipinski definition) is 4. The number of halogens is 5. The first-order valence-electron chi connectivity index (χ1n) is 12.2. The molecule has 2 heterocycles. The van der Waals surface area contributed by atoms with Crippen molar-refractivity contribution in [1.82, 2.24) is 20.0 Å². The molecule has 5 rings (SSSR count). The number of nitrogens with one attached hydrogen (secondary N) is 1. The Morgan fingerprint density at radius 3 is 2.33 bits per heavy atom. The van der Waals surface area contributed by atoms with Gasteiger partial charge in [0, 0.05) is 35.6 Å². The molecule has 0 unspecified atom stereocenters. The molecule has 1 aliphatic rings. The van der Waals surface area contributed by atoms with Crippen LogP contribution in [0.4, 0.5) is 22.0 Å². The van der Waals surface area contributed by atoms with E-state index >= 15 is 0 Å². The second-order valence-electron chi connectivity index (χ2n) is 9.43. The Kier molecular flexibility index (Phi) is 8.48. The van der Waals surface area contributed by atoms with E-state index in [4.69, 9.17) is 9.90 Å². The van der Waals surface area contributed by atoms with Crippen LogP contribution < -0.4 is 0 Å². The Labute approximate surface area is 225 Å². The molecule has 0 saturated carbocycles. The fourth-order valence-corrected chi connectivity index (χ4v) is 4.47. The lowest BCUT2D eigenvalue weighted by atomic mass is 10.0. The van der Waals surface area contributed by atoms with Crippen LogP contribution in [0.2, 0.25) is 0 Å². The highest BCUT2D eigenvalue weighted by Crippen LogP contribution is 2.28. The molecular formula is C28H25F5N4O3. The van der Waals surface area contributed by atoms with E-state index in [1.165, 1.54) is 30.3 Å². The average Bonchev–Trinajstić information content (AvgIpc) is 3.56. The van der Waals surface area contributed by atoms with Crippen LogP contribution in [0.5, 0.6) is 0 Å². The van der Waals surface area contributed by atoms with E-state index < -0.39 is 18.0 Å². The second kappa shape index (κ2) is 11.8. The summed E-state index contributed by atoms with van der Waals surface area (Å²) in [5.74, 6) is -3.73. The van der Waals surface area contributed by atoms with E-state index in [1.807, 2.05) is 25.2 Å². The van der Waals surface area contributed by atoms with Crippen molar-refractivity contribution in [2.24, 2.45) is 0 Å². The summed E-state index contributed by atoms with van der Waals surface area (Å²) in [6.45, 7) is 1.72. The van der Waals surface area contributed by atoms with Crippen LogP contribution in [-0.4, -0.2) is 69.3 Å². The molecule has 3 aromatic carbocycles. The lowest BCUT2D eigenvalue weighted by Gasteiger charge is -2.29. The van der Waals surface area contributed by atoms with Crippen molar-refractivity contribution in [3.8, 4) is 11.1 Å². The first kappa shape index (κ1) is 28.7. The number of hydrogen-bond donors (Lipinski definition) is 2.